The Morgan fingerprint density at radius 2 is 0.636 bits per heavy atom. The molecule has 0 spiro atoms. The molecule has 0 amide bonds. The van der Waals surface area contributed by atoms with Gasteiger partial charge in [0.2, 0.25) is 0 Å². The summed E-state index contributed by atoms with van der Waals surface area (Å²) in [6, 6.07) is 9.60. The third-order valence-corrected chi connectivity index (χ3v) is 15.5. The summed E-state index contributed by atoms with van der Waals surface area (Å²) in [5, 5.41) is 24.1. The molecular weight excluding hydrogens is 801 g/mol. The largest absolute Gasteiger partial charge is 0.508 e. The number of rotatable bonds is 40. The van der Waals surface area contributed by atoms with Crippen molar-refractivity contribution in [2.75, 3.05) is 0 Å². The van der Waals surface area contributed by atoms with Crippen LogP contribution in [0, 0.1) is 5.92 Å². The number of phenols is 2. The standard InChI is InChI=1S/C64H114O2/c1-12-17-22-26-29-30-31-34-35-39-44-53(43-38-25-20-15-4)52-64(47-42-21-16-5,56-50-58(62(6,7)8)60(65)48-54(56)45-40-36-32-27-23-18-13-2)57-51-59(63(9,10)11)61(66)49-55(57)46-41-37-33-28-24-19-14-3/h48-51,53,65-66H,12-47,52H2,1-11H3. The van der Waals surface area contributed by atoms with E-state index in [-0.39, 0.29) is 16.2 Å². The smallest absolute Gasteiger partial charge is 0.119 e. The molecule has 2 aromatic rings. The molecule has 2 heteroatoms. The van der Waals surface area contributed by atoms with Crippen molar-refractivity contribution >= 4 is 0 Å². The minimum Gasteiger partial charge on any atom is -0.508 e. The minimum absolute atomic E-state index is 0.187. The number of phenolic OH excluding ortho intramolecular Hbond substituents is 2. The van der Waals surface area contributed by atoms with Gasteiger partial charge in [-0.25, -0.2) is 0 Å². The summed E-state index contributed by atoms with van der Waals surface area (Å²) in [5.74, 6) is 1.60. The van der Waals surface area contributed by atoms with E-state index in [0.29, 0.717) is 17.4 Å². The van der Waals surface area contributed by atoms with E-state index in [9.17, 15) is 10.2 Å². The van der Waals surface area contributed by atoms with E-state index in [1.165, 1.54) is 234 Å². The topological polar surface area (TPSA) is 40.5 Å². The van der Waals surface area contributed by atoms with Crippen molar-refractivity contribution < 1.29 is 10.2 Å². The summed E-state index contributed by atoms with van der Waals surface area (Å²) >= 11 is 0. The van der Waals surface area contributed by atoms with Crippen molar-refractivity contribution in [1.82, 2.24) is 0 Å². The van der Waals surface area contributed by atoms with Gasteiger partial charge in [0.05, 0.1) is 0 Å². The average molecular weight is 916 g/mol. The van der Waals surface area contributed by atoms with E-state index in [2.05, 4.69) is 100 Å². The van der Waals surface area contributed by atoms with Crippen molar-refractivity contribution in [3.8, 4) is 11.5 Å². The van der Waals surface area contributed by atoms with Gasteiger partial charge in [-0.2, -0.15) is 0 Å². The molecule has 382 valence electrons. The third kappa shape index (κ3) is 22.6. The van der Waals surface area contributed by atoms with E-state index >= 15 is 0 Å². The van der Waals surface area contributed by atoms with Gasteiger partial charge < -0.3 is 10.2 Å². The number of aromatic hydroxyl groups is 2. The molecule has 2 nitrogen and oxygen atoms in total. The van der Waals surface area contributed by atoms with E-state index < -0.39 is 0 Å². The SMILES string of the molecule is CCCCCCCCCCCCC(CCCCCC)CC(CCCCC)(c1cc(C(C)(C)C)c(O)cc1CCCCCCCCC)c1cc(C(C)(C)C)c(O)cc1CCCCCCCCC. The molecule has 0 bridgehead atoms. The van der Waals surface area contributed by atoms with E-state index in [0.717, 1.165) is 36.8 Å². The fraction of sp³-hybridized carbons (Fsp3) is 0.812. The van der Waals surface area contributed by atoms with Gasteiger partial charge in [0.25, 0.3) is 0 Å². The van der Waals surface area contributed by atoms with E-state index in [1.54, 1.807) is 0 Å². The Morgan fingerprint density at radius 1 is 0.348 bits per heavy atom. The highest BCUT2D eigenvalue weighted by Crippen LogP contribution is 2.51. The van der Waals surface area contributed by atoms with Gasteiger partial charge >= 0.3 is 0 Å². The normalized spacial score (nSPS) is 13.0. The molecule has 0 heterocycles. The van der Waals surface area contributed by atoms with Crippen molar-refractivity contribution in [3.63, 3.8) is 0 Å². The summed E-state index contributed by atoms with van der Waals surface area (Å²) < 4.78 is 0. The highest BCUT2D eigenvalue weighted by molar-refractivity contribution is 5.56. The first-order valence-corrected chi connectivity index (χ1v) is 29.4. The monoisotopic (exact) mass is 915 g/mol. The molecule has 0 radical (unpaired) electrons. The molecule has 0 aliphatic rings. The molecule has 2 aromatic carbocycles. The van der Waals surface area contributed by atoms with Crippen LogP contribution in [-0.2, 0) is 29.1 Å². The fourth-order valence-corrected chi connectivity index (χ4v) is 11.3. The van der Waals surface area contributed by atoms with Gasteiger partial charge in [-0.15, -0.1) is 0 Å². The zero-order valence-electron chi connectivity index (χ0n) is 46.4. The molecule has 66 heavy (non-hydrogen) atoms. The van der Waals surface area contributed by atoms with Gasteiger partial charge in [-0.3, -0.25) is 0 Å². The number of benzene rings is 2. The lowest BCUT2D eigenvalue weighted by atomic mass is 9.61. The first kappa shape index (κ1) is 60.2. The van der Waals surface area contributed by atoms with Crippen LogP contribution in [0.4, 0.5) is 0 Å². The third-order valence-electron chi connectivity index (χ3n) is 15.5. The molecule has 0 aliphatic carbocycles. The van der Waals surface area contributed by atoms with Crippen molar-refractivity contribution in [1.29, 1.82) is 0 Å². The molecular formula is C64H114O2. The predicted molar refractivity (Wildman–Crippen MR) is 295 cm³/mol. The van der Waals surface area contributed by atoms with E-state index in [4.69, 9.17) is 0 Å². The zero-order valence-corrected chi connectivity index (χ0v) is 46.4. The van der Waals surface area contributed by atoms with Gasteiger partial charge in [-0.1, -0.05) is 287 Å². The van der Waals surface area contributed by atoms with Crippen LogP contribution in [0.25, 0.3) is 0 Å². The quantitative estimate of drug-likeness (QED) is 0.0654. The first-order chi connectivity index (χ1) is 31.7. The maximum absolute atomic E-state index is 12.0. The van der Waals surface area contributed by atoms with Crippen molar-refractivity contribution in [2.45, 2.75) is 330 Å². The molecule has 1 unspecified atom stereocenters. The Bertz CT molecular complexity index is 1420. The number of unbranched alkanes of at least 4 members (excludes halogenated alkanes) is 26. The summed E-state index contributed by atoms with van der Waals surface area (Å²) in [6.45, 7) is 25.5. The van der Waals surface area contributed by atoms with Gasteiger partial charge in [0.15, 0.2) is 0 Å². The molecule has 0 saturated heterocycles. The lowest BCUT2D eigenvalue weighted by molar-refractivity contribution is 0.287. The fourth-order valence-electron chi connectivity index (χ4n) is 11.3. The second kappa shape index (κ2) is 34.4. The summed E-state index contributed by atoms with van der Waals surface area (Å²) in [6.07, 6.45) is 47.8. The lowest BCUT2D eigenvalue weighted by Crippen LogP contribution is -2.35. The maximum atomic E-state index is 12.0. The van der Waals surface area contributed by atoms with Crippen LogP contribution in [0.2, 0.25) is 0 Å². The van der Waals surface area contributed by atoms with E-state index in [1.807, 2.05) is 0 Å². The number of hydrogen-bond acceptors (Lipinski definition) is 2. The van der Waals surface area contributed by atoms with Gasteiger partial charge in [-0.05, 0) is 101 Å². The Morgan fingerprint density at radius 3 is 0.970 bits per heavy atom. The molecule has 1 atom stereocenters. The summed E-state index contributed by atoms with van der Waals surface area (Å²) in [4.78, 5) is 0. The predicted octanol–water partition coefficient (Wildman–Crippen LogP) is 21.4. The molecule has 0 aromatic heterocycles. The summed E-state index contributed by atoms with van der Waals surface area (Å²) in [5.41, 5.74) is 7.42. The zero-order chi connectivity index (χ0) is 48.7. The van der Waals surface area contributed by atoms with Crippen LogP contribution >= 0.6 is 0 Å². The van der Waals surface area contributed by atoms with Gasteiger partial charge in [0.1, 0.15) is 11.5 Å². The van der Waals surface area contributed by atoms with Crippen LogP contribution in [0.15, 0.2) is 24.3 Å². The highest BCUT2D eigenvalue weighted by atomic mass is 16.3. The molecule has 2 N–H and O–H groups in total. The molecule has 2 rings (SSSR count). The van der Waals surface area contributed by atoms with Crippen LogP contribution in [0.1, 0.15) is 334 Å². The van der Waals surface area contributed by atoms with Crippen LogP contribution in [-0.4, -0.2) is 10.2 Å². The average Bonchev–Trinajstić information content (AvgIpc) is 3.26. The molecule has 0 saturated carbocycles. The van der Waals surface area contributed by atoms with Crippen LogP contribution in [0.3, 0.4) is 0 Å². The van der Waals surface area contributed by atoms with Gasteiger partial charge in [0, 0.05) is 5.41 Å². The number of hydrogen-bond donors (Lipinski definition) is 2. The Kier molecular flexibility index (Phi) is 31.3. The molecule has 0 aliphatic heterocycles. The lowest BCUT2D eigenvalue weighted by Gasteiger charge is -2.43. The van der Waals surface area contributed by atoms with Crippen molar-refractivity contribution in [2.24, 2.45) is 5.92 Å². The van der Waals surface area contributed by atoms with Crippen LogP contribution in [0.5, 0.6) is 11.5 Å². The summed E-state index contributed by atoms with van der Waals surface area (Å²) in [7, 11) is 0. The van der Waals surface area contributed by atoms with Crippen molar-refractivity contribution in [3.05, 3.63) is 57.6 Å². The second-order valence-corrected chi connectivity index (χ2v) is 23.7. The highest BCUT2D eigenvalue weighted by Gasteiger charge is 2.41. The number of aryl methyl sites for hydroxylation is 2. The Hall–Kier alpha value is -1.96. The van der Waals surface area contributed by atoms with Crippen LogP contribution < -0.4 is 0 Å². The second-order valence-electron chi connectivity index (χ2n) is 23.7. The Balaban J connectivity index is 2.94. The maximum Gasteiger partial charge on any atom is 0.119 e. The first-order valence-electron chi connectivity index (χ1n) is 29.4. The minimum atomic E-state index is -0.211. The molecule has 0 fully saturated rings. The Labute approximate surface area is 413 Å².